The van der Waals surface area contributed by atoms with Gasteiger partial charge in [0.25, 0.3) is 5.91 Å². The van der Waals surface area contributed by atoms with E-state index in [1.807, 2.05) is 55.5 Å². The first-order valence-corrected chi connectivity index (χ1v) is 7.77. The van der Waals surface area contributed by atoms with Crippen molar-refractivity contribution in [1.82, 2.24) is 10.3 Å². The second-order valence-electron chi connectivity index (χ2n) is 5.34. The van der Waals surface area contributed by atoms with Crippen LogP contribution in [0.5, 0.6) is 0 Å². The van der Waals surface area contributed by atoms with Gasteiger partial charge in [-0.25, -0.2) is 4.98 Å². The van der Waals surface area contributed by atoms with Gasteiger partial charge in [-0.15, -0.1) is 0 Å². The van der Waals surface area contributed by atoms with Gasteiger partial charge < -0.3 is 10.6 Å². The van der Waals surface area contributed by atoms with Crippen LogP contribution >= 0.6 is 0 Å². The van der Waals surface area contributed by atoms with Crippen molar-refractivity contribution in [3.63, 3.8) is 0 Å². The lowest BCUT2D eigenvalue weighted by atomic mass is 10.1. The van der Waals surface area contributed by atoms with Crippen LogP contribution in [-0.4, -0.2) is 17.4 Å². The number of hydrogen-bond acceptors (Lipinski definition) is 3. The first kappa shape index (κ1) is 15.0. The summed E-state index contributed by atoms with van der Waals surface area (Å²) in [6.45, 7) is 2.71. The van der Waals surface area contributed by atoms with Crippen LogP contribution in [0.1, 0.15) is 23.7 Å². The normalized spacial score (nSPS) is 10.5. The molecular weight excluding hydrogens is 286 g/mol. The molecular formula is C19H19N3O. The number of amides is 1. The monoisotopic (exact) mass is 305 g/mol. The highest BCUT2D eigenvalue weighted by Gasteiger charge is 2.07. The Morgan fingerprint density at radius 1 is 1.09 bits per heavy atom. The van der Waals surface area contributed by atoms with E-state index >= 15 is 0 Å². The van der Waals surface area contributed by atoms with E-state index in [4.69, 9.17) is 0 Å². The summed E-state index contributed by atoms with van der Waals surface area (Å²) in [7, 11) is 0. The first-order valence-electron chi connectivity index (χ1n) is 7.77. The van der Waals surface area contributed by atoms with Crippen molar-refractivity contribution >= 4 is 28.2 Å². The fraction of sp³-hybridized carbons (Fsp3) is 0.158. The number of carbonyl (C=O) groups is 1. The number of hydrogen-bond donors (Lipinski definition) is 2. The molecule has 1 aromatic heterocycles. The van der Waals surface area contributed by atoms with Crippen molar-refractivity contribution < 1.29 is 4.79 Å². The van der Waals surface area contributed by atoms with E-state index < -0.39 is 0 Å². The third-order valence-corrected chi connectivity index (χ3v) is 3.60. The van der Waals surface area contributed by atoms with Crippen LogP contribution in [0.2, 0.25) is 0 Å². The molecule has 0 saturated carbocycles. The standard InChI is InChI=1S/C19H19N3O/c1-2-11-21-19(23)15-7-5-8-16(13-15)22-18-17-9-4-3-6-14(17)10-12-20-18/h3-10,12-13H,2,11H2,1H3,(H,20,22)(H,21,23). The fourth-order valence-corrected chi connectivity index (χ4v) is 2.43. The second-order valence-corrected chi connectivity index (χ2v) is 5.34. The average molecular weight is 305 g/mol. The Bertz CT molecular complexity index is 824. The molecule has 23 heavy (non-hydrogen) atoms. The van der Waals surface area contributed by atoms with Crippen LogP contribution in [-0.2, 0) is 0 Å². The summed E-state index contributed by atoms with van der Waals surface area (Å²) in [5, 5.41) is 8.37. The van der Waals surface area contributed by atoms with Crippen LogP contribution in [0.3, 0.4) is 0 Å². The van der Waals surface area contributed by atoms with Gasteiger partial charge in [0.05, 0.1) is 0 Å². The first-order chi connectivity index (χ1) is 11.3. The highest BCUT2D eigenvalue weighted by atomic mass is 16.1. The molecule has 0 radical (unpaired) electrons. The SMILES string of the molecule is CCCNC(=O)c1cccc(Nc2nccc3ccccc23)c1. The highest BCUT2D eigenvalue weighted by molar-refractivity contribution is 5.96. The van der Waals surface area contributed by atoms with Gasteiger partial charge in [-0.1, -0.05) is 37.3 Å². The topological polar surface area (TPSA) is 54.0 Å². The van der Waals surface area contributed by atoms with E-state index in [1.54, 1.807) is 6.20 Å². The zero-order valence-electron chi connectivity index (χ0n) is 13.0. The third-order valence-electron chi connectivity index (χ3n) is 3.60. The molecule has 2 N–H and O–H groups in total. The Hall–Kier alpha value is -2.88. The van der Waals surface area contributed by atoms with Gasteiger partial charge in [0.2, 0.25) is 0 Å². The molecule has 0 aliphatic heterocycles. The van der Waals surface area contributed by atoms with Crippen molar-refractivity contribution in [2.45, 2.75) is 13.3 Å². The summed E-state index contributed by atoms with van der Waals surface area (Å²) in [5.41, 5.74) is 1.49. The number of nitrogens with zero attached hydrogens (tertiary/aromatic N) is 1. The van der Waals surface area contributed by atoms with Crippen molar-refractivity contribution in [1.29, 1.82) is 0 Å². The second kappa shape index (κ2) is 6.92. The molecule has 0 fully saturated rings. The number of aromatic nitrogens is 1. The van der Waals surface area contributed by atoms with Gasteiger partial charge >= 0.3 is 0 Å². The lowest BCUT2D eigenvalue weighted by molar-refractivity contribution is 0.0953. The molecule has 0 saturated heterocycles. The minimum absolute atomic E-state index is 0.0543. The minimum atomic E-state index is -0.0543. The van der Waals surface area contributed by atoms with Gasteiger partial charge in [-0.3, -0.25) is 4.79 Å². The van der Waals surface area contributed by atoms with E-state index in [0.29, 0.717) is 12.1 Å². The summed E-state index contributed by atoms with van der Waals surface area (Å²) in [6, 6.07) is 17.5. The van der Waals surface area contributed by atoms with E-state index in [9.17, 15) is 4.79 Å². The molecule has 0 atom stereocenters. The Morgan fingerprint density at radius 2 is 1.96 bits per heavy atom. The van der Waals surface area contributed by atoms with Crippen molar-refractivity contribution in [3.05, 3.63) is 66.4 Å². The number of anilines is 2. The molecule has 0 aliphatic carbocycles. The molecule has 1 heterocycles. The molecule has 3 aromatic rings. The van der Waals surface area contributed by atoms with E-state index in [0.717, 1.165) is 28.7 Å². The number of benzene rings is 2. The van der Waals surface area contributed by atoms with Crippen LogP contribution < -0.4 is 10.6 Å². The maximum Gasteiger partial charge on any atom is 0.251 e. The Morgan fingerprint density at radius 3 is 2.83 bits per heavy atom. The molecule has 0 unspecified atom stereocenters. The quantitative estimate of drug-likeness (QED) is 0.745. The molecule has 0 bridgehead atoms. The number of nitrogens with one attached hydrogen (secondary N) is 2. The number of fused-ring (bicyclic) bond motifs is 1. The van der Waals surface area contributed by atoms with Crippen LogP contribution in [0.25, 0.3) is 10.8 Å². The van der Waals surface area contributed by atoms with Gasteiger partial charge in [-0.05, 0) is 36.1 Å². The average Bonchev–Trinajstić information content (AvgIpc) is 2.60. The lowest BCUT2D eigenvalue weighted by Crippen LogP contribution is -2.23. The number of pyridine rings is 1. The molecule has 116 valence electrons. The largest absolute Gasteiger partial charge is 0.352 e. The Kier molecular flexibility index (Phi) is 4.52. The number of rotatable bonds is 5. The number of carbonyl (C=O) groups excluding carboxylic acids is 1. The molecule has 3 rings (SSSR count). The Balaban J connectivity index is 1.86. The van der Waals surface area contributed by atoms with Gasteiger partial charge in [-0.2, -0.15) is 0 Å². The van der Waals surface area contributed by atoms with Crippen LogP contribution in [0.4, 0.5) is 11.5 Å². The van der Waals surface area contributed by atoms with Gasteiger partial charge in [0.1, 0.15) is 5.82 Å². The summed E-state index contributed by atoms with van der Waals surface area (Å²) < 4.78 is 0. The molecule has 0 spiro atoms. The summed E-state index contributed by atoms with van der Waals surface area (Å²) in [6.07, 6.45) is 2.70. The predicted molar refractivity (Wildman–Crippen MR) is 94.1 cm³/mol. The molecule has 2 aromatic carbocycles. The zero-order chi connectivity index (χ0) is 16.1. The van der Waals surface area contributed by atoms with Crippen LogP contribution in [0.15, 0.2) is 60.8 Å². The van der Waals surface area contributed by atoms with Crippen LogP contribution in [0, 0.1) is 0 Å². The molecule has 0 aliphatic rings. The zero-order valence-corrected chi connectivity index (χ0v) is 13.0. The predicted octanol–water partition coefficient (Wildman–Crippen LogP) is 4.12. The molecule has 1 amide bonds. The summed E-state index contributed by atoms with van der Waals surface area (Å²) in [4.78, 5) is 16.5. The minimum Gasteiger partial charge on any atom is -0.352 e. The molecule has 4 nitrogen and oxygen atoms in total. The third kappa shape index (κ3) is 3.48. The summed E-state index contributed by atoms with van der Waals surface area (Å²) >= 11 is 0. The molecule has 4 heteroatoms. The maximum atomic E-state index is 12.1. The smallest absolute Gasteiger partial charge is 0.251 e. The lowest BCUT2D eigenvalue weighted by Gasteiger charge is -2.10. The Labute approximate surface area is 135 Å². The van der Waals surface area contributed by atoms with Crippen molar-refractivity contribution in [3.8, 4) is 0 Å². The van der Waals surface area contributed by atoms with Gasteiger partial charge in [0, 0.05) is 29.4 Å². The van der Waals surface area contributed by atoms with Gasteiger partial charge in [0.15, 0.2) is 0 Å². The maximum absolute atomic E-state index is 12.1. The van der Waals surface area contributed by atoms with Crippen molar-refractivity contribution in [2.75, 3.05) is 11.9 Å². The van der Waals surface area contributed by atoms with E-state index in [1.165, 1.54) is 0 Å². The van der Waals surface area contributed by atoms with E-state index in [2.05, 4.69) is 21.7 Å². The summed E-state index contributed by atoms with van der Waals surface area (Å²) in [5.74, 6) is 0.732. The van der Waals surface area contributed by atoms with E-state index in [-0.39, 0.29) is 5.91 Å². The van der Waals surface area contributed by atoms with Crippen molar-refractivity contribution in [2.24, 2.45) is 0 Å². The highest BCUT2D eigenvalue weighted by Crippen LogP contribution is 2.24. The fourth-order valence-electron chi connectivity index (χ4n) is 2.43.